The van der Waals surface area contributed by atoms with Crippen LogP contribution in [0.5, 0.6) is 5.75 Å². The SMILES string of the molecule is O=C(Oc1ccc2ccccc2c1)C(F)(F)C(F)(F)C(F)(F)F. The first-order valence-corrected chi connectivity index (χ1v) is 6.00. The van der Waals surface area contributed by atoms with Crippen LogP contribution in [0.15, 0.2) is 42.5 Å². The summed E-state index contributed by atoms with van der Waals surface area (Å²) in [6.45, 7) is 0. The minimum absolute atomic E-state index is 0.420. The van der Waals surface area contributed by atoms with Gasteiger partial charge in [0.15, 0.2) is 0 Å². The van der Waals surface area contributed by atoms with Crippen molar-refractivity contribution in [2.75, 3.05) is 0 Å². The summed E-state index contributed by atoms with van der Waals surface area (Å²) in [6.07, 6.45) is -6.60. The Kier molecular flexibility index (Phi) is 4.00. The number of carbonyl (C=O) groups is 1. The van der Waals surface area contributed by atoms with Gasteiger partial charge < -0.3 is 4.74 Å². The number of alkyl halides is 7. The van der Waals surface area contributed by atoms with Crippen molar-refractivity contribution in [1.29, 1.82) is 0 Å². The van der Waals surface area contributed by atoms with Gasteiger partial charge in [0, 0.05) is 0 Å². The Balaban J connectivity index is 2.29. The molecule has 0 saturated carbocycles. The average Bonchev–Trinajstić information content (AvgIpc) is 2.45. The summed E-state index contributed by atoms with van der Waals surface area (Å²) in [5.41, 5.74) is 0. The first-order chi connectivity index (χ1) is 10.5. The zero-order valence-electron chi connectivity index (χ0n) is 11.0. The van der Waals surface area contributed by atoms with E-state index in [9.17, 15) is 35.5 Å². The molecule has 0 aromatic heterocycles. The Bertz CT molecular complexity index is 737. The van der Waals surface area contributed by atoms with E-state index in [0.29, 0.717) is 10.8 Å². The van der Waals surface area contributed by atoms with E-state index in [1.165, 1.54) is 12.1 Å². The van der Waals surface area contributed by atoms with E-state index in [1.807, 2.05) is 0 Å². The average molecular weight is 340 g/mol. The predicted octanol–water partition coefficient (Wildman–Crippen LogP) is 4.58. The van der Waals surface area contributed by atoms with Crippen LogP contribution < -0.4 is 4.74 Å². The zero-order chi connectivity index (χ0) is 17.5. The molecule has 0 heterocycles. The summed E-state index contributed by atoms with van der Waals surface area (Å²) in [4.78, 5) is 11.1. The number of halogens is 7. The molecule has 0 N–H and O–H groups in total. The molecule has 2 nitrogen and oxygen atoms in total. The van der Waals surface area contributed by atoms with Crippen LogP contribution in [0.25, 0.3) is 10.8 Å². The Morgan fingerprint density at radius 2 is 1.39 bits per heavy atom. The fraction of sp³-hybridized carbons (Fsp3) is 0.214. The van der Waals surface area contributed by atoms with Gasteiger partial charge in [0.05, 0.1) is 0 Å². The van der Waals surface area contributed by atoms with Gasteiger partial charge in [0.1, 0.15) is 5.75 Å². The number of hydrogen-bond donors (Lipinski definition) is 0. The fourth-order valence-electron chi connectivity index (χ4n) is 1.71. The lowest BCUT2D eigenvalue weighted by Crippen LogP contribution is -2.57. The summed E-state index contributed by atoms with van der Waals surface area (Å²) in [7, 11) is 0. The second-order valence-corrected chi connectivity index (χ2v) is 4.55. The number of ether oxygens (including phenoxy) is 1. The molecule has 0 fully saturated rings. The summed E-state index contributed by atoms with van der Waals surface area (Å²) >= 11 is 0. The maximum Gasteiger partial charge on any atom is 0.460 e. The summed E-state index contributed by atoms with van der Waals surface area (Å²) < 4.78 is 91.8. The monoisotopic (exact) mass is 340 g/mol. The third-order valence-electron chi connectivity index (χ3n) is 2.94. The molecule has 0 aliphatic heterocycles. The number of carbonyl (C=O) groups excluding carboxylic acids is 1. The van der Waals surface area contributed by atoms with E-state index in [4.69, 9.17) is 0 Å². The van der Waals surface area contributed by atoms with Crippen LogP contribution in [0.3, 0.4) is 0 Å². The van der Waals surface area contributed by atoms with Gasteiger partial charge in [-0.2, -0.15) is 30.7 Å². The second-order valence-electron chi connectivity index (χ2n) is 4.55. The predicted molar refractivity (Wildman–Crippen MR) is 65.5 cm³/mol. The van der Waals surface area contributed by atoms with Gasteiger partial charge in [-0.15, -0.1) is 0 Å². The first kappa shape index (κ1) is 17.0. The highest BCUT2D eigenvalue weighted by molar-refractivity contribution is 5.86. The fourth-order valence-corrected chi connectivity index (χ4v) is 1.71. The van der Waals surface area contributed by atoms with Crippen LogP contribution in [0.1, 0.15) is 0 Å². The van der Waals surface area contributed by atoms with Gasteiger partial charge in [0.25, 0.3) is 0 Å². The number of esters is 1. The highest BCUT2D eigenvalue weighted by Gasteiger charge is 2.77. The van der Waals surface area contributed by atoms with Crippen LogP contribution in [0.4, 0.5) is 30.7 Å². The molecule has 0 unspecified atom stereocenters. The highest BCUT2D eigenvalue weighted by atomic mass is 19.4. The smallest absolute Gasteiger partial charge is 0.422 e. The molecule has 0 bridgehead atoms. The molecular formula is C14H7F7O2. The number of rotatable bonds is 3. The first-order valence-electron chi connectivity index (χ1n) is 6.00. The quantitative estimate of drug-likeness (QED) is 0.465. The molecular weight excluding hydrogens is 333 g/mol. The third kappa shape index (κ3) is 2.95. The standard InChI is InChI=1S/C14H7F7O2/c15-12(16,13(17,18)14(19,20)21)11(22)23-10-6-5-8-3-1-2-4-9(8)7-10/h1-7H. The van der Waals surface area contributed by atoms with Crippen molar-refractivity contribution in [2.45, 2.75) is 18.0 Å². The topological polar surface area (TPSA) is 26.3 Å². The summed E-state index contributed by atoms with van der Waals surface area (Å²) in [5, 5.41) is 1.04. The summed E-state index contributed by atoms with van der Waals surface area (Å²) in [6, 6.07) is 9.77. The normalized spacial score (nSPS) is 13.2. The van der Waals surface area contributed by atoms with Crippen molar-refractivity contribution >= 4 is 16.7 Å². The third-order valence-corrected chi connectivity index (χ3v) is 2.94. The van der Waals surface area contributed by atoms with Crippen molar-refractivity contribution in [3.8, 4) is 5.75 Å². The van der Waals surface area contributed by atoms with Crippen LogP contribution in [-0.2, 0) is 4.79 Å². The molecule has 9 heteroatoms. The van der Waals surface area contributed by atoms with E-state index >= 15 is 0 Å². The van der Waals surface area contributed by atoms with Gasteiger partial charge in [-0.25, -0.2) is 4.79 Å². The van der Waals surface area contributed by atoms with Crippen molar-refractivity contribution in [2.24, 2.45) is 0 Å². The molecule has 2 aromatic rings. The Morgan fingerprint density at radius 1 is 0.826 bits per heavy atom. The number of benzene rings is 2. The molecule has 0 aliphatic carbocycles. The molecule has 0 radical (unpaired) electrons. The van der Waals surface area contributed by atoms with Gasteiger partial charge >= 0.3 is 24.0 Å². The number of fused-ring (bicyclic) bond motifs is 1. The van der Waals surface area contributed by atoms with E-state index < -0.39 is 29.7 Å². The van der Waals surface area contributed by atoms with Crippen molar-refractivity contribution < 1.29 is 40.3 Å². The summed E-state index contributed by atoms with van der Waals surface area (Å²) in [5.74, 6) is -16.2. The minimum Gasteiger partial charge on any atom is -0.422 e. The maximum absolute atomic E-state index is 13.1. The van der Waals surface area contributed by atoms with Gasteiger partial charge in [-0.1, -0.05) is 30.3 Å². The van der Waals surface area contributed by atoms with E-state index in [2.05, 4.69) is 4.74 Å². The lowest BCUT2D eigenvalue weighted by atomic mass is 10.1. The second kappa shape index (κ2) is 5.39. The van der Waals surface area contributed by atoms with Crippen molar-refractivity contribution in [3.05, 3.63) is 42.5 Å². The van der Waals surface area contributed by atoms with E-state index in [-0.39, 0.29) is 0 Å². The van der Waals surface area contributed by atoms with Crippen molar-refractivity contribution in [3.63, 3.8) is 0 Å². The number of hydrogen-bond acceptors (Lipinski definition) is 2. The van der Waals surface area contributed by atoms with Gasteiger partial charge in [0.2, 0.25) is 0 Å². The van der Waals surface area contributed by atoms with Crippen LogP contribution >= 0.6 is 0 Å². The van der Waals surface area contributed by atoms with Gasteiger partial charge in [-0.3, -0.25) is 0 Å². The zero-order valence-corrected chi connectivity index (χ0v) is 11.0. The molecule has 0 atom stereocenters. The lowest BCUT2D eigenvalue weighted by Gasteiger charge is -2.26. The van der Waals surface area contributed by atoms with Crippen LogP contribution in [0, 0.1) is 0 Å². The Hall–Kier alpha value is -2.32. The maximum atomic E-state index is 13.1. The van der Waals surface area contributed by atoms with E-state index in [1.54, 1.807) is 18.2 Å². The molecule has 124 valence electrons. The molecule has 2 rings (SSSR count). The molecule has 0 amide bonds. The lowest BCUT2D eigenvalue weighted by molar-refractivity contribution is -0.346. The minimum atomic E-state index is -6.60. The van der Waals surface area contributed by atoms with E-state index in [0.717, 1.165) is 12.1 Å². The van der Waals surface area contributed by atoms with Crippen LogP contribution in [0.2, 0.25) is 0 Å². The molecule has 23 heavy (non-hydrogen) atoms. The van der Waals surface area contributed by atoms with Gasteiger partial charge in [-0.05, 0) is 22.9 Å². The molecule has 0 spiro atoms. The Morgan fingerprint density at radius 3 is 1.96 bits per heavy atom. The highest BCUT2D eigenvalue weighted by Crippen LogP contribution is 2.47. The Labute approximate surface area is 124 Å². The molecule has 0 aliphatic rings. The molecule has 2 aromatic carbocycles. The largest absolute Gasteiger partial charge is 0.460 e. The van der Waals surface area contributed by atoms with Crippen molar-refractivity contribution in [1.82, 2.24) is 0 Å². The molecule has 0 saturated heterocycles. The van der Waals surface area contributed by atoms with Crippen LogP contribution in [-0.4, -0.2) is 24.0 Å².